The molecule has 1 rings (SSSR count). The van der Waals surface area contributed by atoms with E-state index in [2.05, 4.69) is 5.32 Å². The van der Waals surface area contributed by atoms with Gasteiger partial charge in [-0.2, -0.15) is 13.2 Å². The molecule has 0 aliphatic carbocycles. The molecule has 1 atom stereocenters. The van der Waals surface area contributed by atoms with Crippen LogP contribution in [0.5, 0.6) is 0 Å². The van der Waals surface area contributed by atoms with Crippen LogP contribution < -0.4 is 11.1 Å². The molecule has 8 heteroatoms. The van der Waals surface area contributed by atoms with Crippen LogP contribution >= 0.6 is 0 Å². The lowest BCUT2D eigenvalue weighted by Crippen LogP contribution is -2.36. The molecule has 0 saturated heterocycles. The largest absolute Gasteiger partial charge is 0.481 e. The van der Waals surface area contributed by atoms with E-state index in [1.807, 2.05) is 0 Å². The van der Waals surface area contributed by atoms with Gasteiger partial charge in [0.2, 0.25) is 5.91 Å². The maximum Gasteiger partial charge on any atom is 0.416 e. The van der Waals surface area contributed by atoms with Gasteiger partial charge in [0, 0.05) is 12.1 Å². The number of aryl methyl sites for hydroxylation is 1. The number of carboxylic acid groups (broad SMARTS) is 1. The van der Waals surface area contributed by atoms with Crippen molar-refractivity contribution in [1.29, 1.82) is 0 Å². The number of aliphatic carboxylic acids is 1. The lowest BCUT2D eigenvalue weighted by atomic mass is 10.1. The Kier molecular flexibility index (Phi) is 5.31. The summed E-state index contributed by atoms with van der Waals surface area (Å²) in [6.07, 6.45) is -4.91. The number of nitrogens with two attached hydrogens (primary N) is 1. The van der Waals surface area contributed by atoms with E-state index in [0.717, 1.165) is 12.1 Å². The first-order valence-electron chi connectivity index (χ1n) is 6.07. The fraction of sp³-hybridized carbons (Fsp3) is 0.385. The molecule has 0 radical (unpaired) electrons. The summed E-state index contributed by atoms with van der Waals surface area (Å²) < 4.78 is 37.8. The van der Waals surface area contributed by atoms with Gasteiger partial charge >= 0.3 is 12.1 Å². The molecule has 0 heterocycles. The van der Waals surface area contributed by atoms with Crippen LogP contribution in [0.4, 0.5) is 18.9 Å². The normalized spacial score (nSPS) is 12.8. The molecule has 0 aromatic heterocycles. The van der Waals surface area contributed by atoms with E-state index in [1.165, 1.54) is 6.07 Å². The van der Waals surface area contributed by atoms with Gasteiger partial charge in [0.15, 0.2) is 0 Å². The smallest absolute Gasteiger partial charge is 0.416 e. The molecule has 0 aliphatic rings. The maximum absolute atomic E-state index is 12.6. The number of carbonyl (C=O) groups is 2. The molecule has 0 fully saturated rings. The van der Waals surface area contributed by atoms with E-state index >= 15 is 0 Å². The predicted molar refractivity (Wildman–Crippen MR) is 69.7 cm³/mol. The Balaban J connectivity index is 2.82. The molecular weight excluding hydrogens is 289 g/mol. The third kappa shape index (κ3) is 5.07. The molecule has 1 aromatic carbocycles. The second-order valence-corrected chi connectivity index (χ2v) is 4.56. The van der Waals surface area contributed by atoms with Crippen molar-refractivity contribution in [2.24, 2.45) is 5.73 Å². The number of rotatable bonds is 5. The van der Waals surface area contributed by atoms with Crippen LogP contribution in [0.15, 0.2) is 18.2 Å². The van der Waals surface area contributed by atoms with E-state index in [-0.39, 0.29) is 18.5 Å². The minimum atomic E-state index is -4.52. The summed E-state index contributed by atoms with van der Waals surface area (Å²) in [7, 11) is 0. The number of amides is 1. The summed E-state index contributed by atoms with van der Waals surface area (Å²) in [6.45, 7) is 1.54. The zero-order valence-electron chi connectivity index (χ0n) is 11.2. The fourth-order valence-electron chi connectivity index (χ4n) is 1.57. The molecule has 1 unspecified atom stereocenters. The number of anilines is 1. The van der Waals surface area contributed by atoms with Crippen LogP contribution in [0.25, 0.3) is 0 Å². The van der Waals surface area contributed by atoms with Crippen LogP contribution in [0.2, 0.25) is 0 Å². The van der Waals surface area contributed by atoms with Crippen LogP contribution in [-0.4, -0.2) is 23.0 Å². The van der Waals surface area contributed by atoms with E-state index in [4.69, 9.17) is 10.8 Å². The summed E-state index contributed by atoms with van der Waals surface area (Å²) in [5.74, 6) is -1.83. The number of alkyl halides is 3. The molecule has 116 valence electrons. The number of carbonyl (C=O) groups excluding carboxylic acids is 1. The van der Waals surface area contributed by atoms with E-state index < -0.39 is 29.7 Å². The van der Waals surface area contributed by atoms with Gasteiger partial charge < -0.3 is 16.2 Å². The SMILES string of the molecule is Cc1ccc(C(F)(F)F)cc1NC(=O)C(N)CCC(=O)O. The zero-order chi connectivity index (χ0) is 16.2. The number of benzene rings is 1. The van der Waals surface area contributed by atoms with Gasteiger partial charge in [-0.1, -0.05) is 6.07 Å². The fourth-order valence-corrected chi connectivity index (χ4v) is 1.57. The first kappa shape index (κ1) is 17.0. The average Bonchev–Trinajstić information content (AvgIpc) is 2.36. The van der Waals surface area contributed by atoms with Crippen molar-refractivity contribution in [3.63, 3.8) is 0 Å². The maximum atomic E-state index is 12.6. The first-order chi connectivity index (χ1) is 9.61. The molecule has 4 N–H and O–H groups in total. The zero-order valence-corrected chi connectivity index (χ0v) is 11.2. The Hall–Kier alpha value is -2.09. The summed E-state index contributed by atoms with van der Waals surface area (Å²) in [4.78, 5) is 22.1. The predicted octanol–water partition coefficient (Wildman–Crippen LogP) is 2.14. The summed E-state index contributed by atoms with van der Waals surface area (Å²) in [5.41, 5.74) is 5.05. The molecule has 0 spiro atoms. The highest BCUT2D eigenvalue weighted by Crippen LogP contribution is 2.32. The number of carboxylic acids is 1. The Morgan fingerprint density at radius 2 is 2.00 bits per heavy atom. The molecular formula is C13H15F3N2O3. The Morgan fingerprint density at radius 3 is 2.52 bits per heavy atom. The highest BCUT2D eigenvalue weighted by atomic mass is 19.4. The van der Waals surface area contributed by atoms with Crippen molar-refractivity contribution in [1.82, 2.24) is 0 Å². The van der Waals surface area contributed by atoms with Crippen molar-refractivity contribution < 1.29 is 27.9 Å². The number of nitrogens with one attached hydrogen (secondary N) is 1. The van der Waals surface area contributed by atoms with Gasteiger partial charge in [0.1, 0.15) is 0 Å². The Labute approximate surface area is 118 Å². The lowest BCUT2D eigenvalue weighted by molar-refractivity contribution is -0.138. The highest BCUT2D eigenvalue weighted by molar-refractivity contribution is 5.95. The number of hydrogen-bond acceptors (Lipinski definition) is 3. The molecule has 5 nitrogen and oxygen atoms in total. The minimum absolute atomic E-state index is 0.000556. The lowest BCUT2D eigenvalue weighted by Gasteiger charge is -2.15. The second kappa shape index (κ2) is 6.57. The molecule has 21 heavy (non-hydrogen) atoms. The topological polar surface area (TPSA) is 92.4 Å². The van der Waals surface area contributed by atoms with Gasteiger partial charge in [0.05, 0.1) is 11.6 Å². The minimum Gasteiger partial charge on any atom is -0.481 e. The van der Waals surface area contributed by atoms with Crippen molar-refractivity contribution in [2.75, 3.05) is 5.32 Å². The van der Waals surface area contributed by atoms with Crippen LogP contribution in [0.3, 0.4) is 0 Å². The molecule has 0 saturated carbocycles. The molecule has 1 amide bonds. The Bertz CT molecular complexity index is 544. The van der Waals surface area contributed by atoms with Crippen LogP contribution in [0, 0.1) is 6.92 Å². The molecule has 0 aliphatic heterocycles. The standard InChI is InChI=1S/C13H15F3N2O3/c1-7-2-3-8(13(14,15)16)6-10(7)18-12(21)9(17)4-5-11(19)20/h2-3,6,9H,4-5,17H2,1H3,(H,18,21)(H,19,20). The van der Waals surface area contributed by atoms with Crippen molar-refractivity contribution in [2.45, 2.75) is 32.0 Å². The van der Waals surface area contributed by atoms with Gasteiger partial charge in [-0.3, -0.25) is 9.59 Å². The van der Waals surface area contributed by atoms with Crippen molar-refractivity contribution >= 4 is 17.6 Å². The monoisotopic (exact) mass is 304 g/mol. The average molecular weight is 304 g/mol. The summed E-state index contributed by atoms with van der Waals surface area (Å²) in [5, 5.41) is 10.8. The van der Waals surface area contributed by atoms with E-state index in [1.54, 1.807) is 6.92 Å². The number of halogens is 3. The van der Waals surface area contributed by atoms with Crippen molar-refractivity contribution in [3.05, 3.63) is 29.3 Å². The molecule has 1 aromatic rings. The third-order valence-corrected chi connectivity index (χ3v) is 2.83. The van der Waals surface area contributed by atoms with Crippen molar-refractivity contribution in [3.8, 4) is 0 Å². The summed E-state index contributed by atoms with van der Waals surface area (Å²) in [6, 6.07) is 1.86. The van der Waals surface area contributed by atoms with Gasteiger partial charge in [0.25, 0.3) is 0 Å². The van der Waals surface area contributed by atoms with E-state index in [0.29, 0.717) is 5.56 Å². The first-order valence-corrected chi connectivity index (χ1v) is 6.07. The highest BCUT2D eigenvalue weighted by Gasteiger charge is 2.31. The number of hydrogen-bond donors (Lipinski definition) is 3. The van der Waals surface area contributed by atoms with Gasteiger partial charge in [-0.15, -0.1) is 0 Å². The quantitative estimate of drug-likeness (QED) is 0.777. The third-order valence-electron chi connectivity index (χ3n) is 2.83. The Morgan fingerprint density at radius 1 is 1.38 bits per heavy atom. The van der Waals surface area contributed by atoms with Gasteiger partial charge in [-0.05, 0) is 31.0 Å². The van der Waals surface area contributed by atoms with Gasteiger partial charge in [-0.25, -0.2) is 0 Å². The van der Waals surface area contributed by atoms with Crippen LogP contribution in [-0.2, 0) is 15.8 Å². The van der Waals surface area contributed by atoms with Crippen LogP contribution in [0.1, 0.15) is 24.0 Å². The molecule has 0 bridgehead atoms. The second-order valence-electron chi connectivity index (χ2n) is 4.56. The summed E-state index contributed by atoms with van der Waals surface area (Å²) >= 11 is 0. The van der Waals surface area contributed by atoms with E-state index in [9.17, 15) is 22.8 Å².